The van der Waals surface area contributed by atoms with Gasteiger partial charge in [-0.3, -0.25) is 4.68 Å². The highest BCUT2D eigenvalue weighted by atomic mass is 127. The van der Waals surface area contributed by atoms with Crippen LogP contribution in [0.25, 0.3) is 0 Å². The van der Waals surface area contributed by atoms with Gasteiger partial charge >= 0.3 is 0 Å². The largest absolute Gasteiger partial charge is 0.475 e. The van der Waals surface area contributed by atoms with E-state index >= 15 is 0 Å². The number of aryl methyl sites for hydroxylation is 1. The quantitative estimate of drug-likeness (QED) is 0.254. The van der Waals surface area contributed by atoms with Gasteiger partial charge in [-0.25, -0.2) is 9.98 Å². The maximum atomic E-state index is 5.55. The highest BCUT2D eigenvalue weighted by Gasteiger charge is 2.01. The van der Waals surface area contributed by atoms with E-state index in [4.69, 9.17) is 4.74 Å². The summed E-state index contributed by atoms with van der Waals surface area (Å²) in [4.78, 5) is 8.90. The molecule has 26 heavy (non-hydrogen) atoms. The highest BCUT2D eigenvalue weighted by Crippen LogP contribution is 2.10. The monoisotopic (exact) mass is 472 g/mol. The van der Waals surface area contributed by atoms with E-state index < -0.39 is 0 Å². The molecule has 0 aliphatic heterocycles. The Morgan fingerprint density at radius 3 is 2.77 bits per heavy atom. The first kappa shape index (κ1) is 22.2. The van der Waals surface area contributed by atoms with Crippen molar-refractivity contribution in [3.63, 3.8) is 0 Å². The average Bonchev–Trinajstić information content (AvgIpc) is 3.10. The lowest BCUT2D eigenvalue weighted by Crippen LogP contribution is -2.38. The molecule has 0 saturated carbocycles. The summed E-state index contributed by atoms with van der Waals surface area (Å²) < 4.78 is 7.48. The van der Waals surface area contributed by atoms with Gasteiger partial charge in [0.1, 0.15) is 0 Å². The summed E-state index contributed by atoms with van der Waals surface area (Å²) in [6.45, 7) is 9.15. The molecule has 7 nitrogen and oxygen atoms in total. The van der Waals surface area contributed by atoms with Crippen molar-refractivity contribution in [2.45, 2.75) is 46.4 Å². The maximum Gasteiger partial charge on any atom is 0.213 e. The summed E-state index contributed by atoms with van der Waals surface area (Å²) in [5.41, 5.74) is 1.05. The first-order chi connectivity index (χ1) is 12.2. The van der Waals surface area contributed by atoms with Crippen LogP contribution in [0.5, 0.6) is 5.88 Å². The Labute approximate surface area is 172 Å². The Kier molecular flexibility index (Phi) is 10.7. The van der Waals surface area contributed by atoms with E-state index in [9.17, 15) is 0 Å². The van der Waals surface area contributed by atoms with Gasteiger partial charge < -0.3 is 15.4 Å². The molecule has 0 spiro atoms. The number of aliphatic imine (C=N–C) groups is 1. The van der Waals surface area contributed by atoms with Gasteiger partial charge in [-0.15, -0.1) is 24.0 Å². The summed E-state index contributed by atoms with van der Waals surface area (Å²) in [6, 6.07) is 5.81. The number of hydrogen-bond donors (Lipinski definition) is 2. The third-order valence-electron chi connectivity index (χ3n) is 3.33. The number of ether oxygens (including phenoxy) is 1. The van der Waals surface area contributed by atoms with E-state index in [1.54, 1.807) is 6.20 Å². The van der Waals surface area contributed by atoms with Crippen molar-refractivity contribution >= 4 is 29.9 Å². The van der Waals surface area contributed by atoms with E-state index in [-0.39, 0.29) is 30.1 Å². The third-order valence-corrected chi connectivity index (χ3v) is 3.33. The van der Waals surface area contributed by atoms with Crippen molar-refractivity contribution in [2.24, 2.45) is 4.99 Å². The minimum atomic E-state index is 0. The standard InChI is InChI=1S/C18H28N6O.HI/c1-4-19-18(20-9-5-11-24-12-6-10-23-24)22-14-16-7-8-17(21-13-16)25-15(2)3;/h6-8,10,12-13,15H,4-5,9,11,14H2,1-3H3,(H2,19,20,22);1H. The normalized spacial score (nSPS) is 11.2. The molecule has 2 aromatic heterocycles. The molecule has 0 atom stereocenters. The van der Waals surface area contributed by atoms with Gasteiger partial charge in [0.05, 0.1) is 12.6 Å². The lowest BCUT2D eigenvalue weighted by atomic mass is 10.3. The second-order valence-electron chi connectivity index (χ2n) is 5.92. The van der Waals surface area contributed by atoms with Crippen LogP contribution in [0.4, 0.5) is 0 Å². The molecule has 0 saturated heterocycles. The van der Waals surface area contributed by atoms with E-state index in [2.05, 4.69) is 32.6 Å². The Hall–Kier alpha value is -1.84. The zero-order valence-corrected chi connectivity index (χ0v) is 18.0. The molecule has 0 fully saturated rings. The lowest BCUT2D eigenvalue weighted by Gasteiger charge is -2.11. The predicted molar refractivity (Wildman–Crippen MR) is 115 cm³/mol. The number of pyridine rings is 1. The van der Waals surface area contributed by atoms with Crippen LogP contribution in [0.3, 0.4) is 0 Å². The molecular weight excluding hydrogens is 443 g/mol. The number of hydrogen-bond acceptors (Lipinski definition) is 4. The second-order valence-corrected chi connectivity index (χ2v) is 5.92. The Balaban J connectivity index is 0.00000338. The van der Waals surface area contributed by atoms with E-state index in [0.717, 1.165) is 37.6 Å². The second kappa shape index (κ2) is 12.5. The van der Waals surface area contributed by atoms with Crippen molar-refractivity contribution in [1.82, 2.24) is 25.4 Å². The van der Waals surface area contributed by atoms with E-state index in [1.165, 1.54) is 0 Å². The molecule has 2 heterocycles. The first-order valence-corrected chi connectivity index (χ1v) is 8.78. The third kappa shape index (κ3) is 8.50. The number of rotatable bonds is 9. The van der Waals surface area contributed by atoms with Gasteiger partial charge in [0.2, 0.25) is 5.88 Å². The summed E-state index contributed by atoms with van der Waals surface area (Å²) >= 11 is 0. The van der Waals surface area contributed by atoms with Crippen LogP contribution in [-0.2, 0) is 13.1 Å². The highest BCUT2D eigenvalue weighted by molar-refractivity contribution is 14.0. The number of nitrogens with zero attached hydrogens (tertiary/aromatic N) is 4. The zero-order chi connectivity index (χ0) is 17.9. The van der Waals surface area contributed by atoms with Gasteiger partial charge in [-0.05, 0) is 38.8 Å². The van der Waals surface area contributed by atoms with Crippen molar-refractivity contribution < 1.29 is 4.74 Å². The number of halogens is 1. The SMILES string of the molecule is CCNC(=NCc1ccc(OC(C)C)nc1)NCCCn1cccn1.I. The fraction of sp³-hybridized carbons (Fsp3) is 0.500. The number of aromatic nitrogens is 3. The van der Waals surface area contributed by atoms with Crippen LogP contribution < -0.4 is 15.4 Å². The van der Waals surface area contributed by atoms with Crippen molar-refractivity contribution in [2.75, 3.05) is 13.1 Å². The maximum absolute atomic E-state index is 5.55. The summed E-state index contributed by atoms with van der Waals surface area (Å²) in [5, 5.41) is 10.8. The molecule has 0 radical (unpaired) electrons. The fourth-order valence-electron chi connectivity index (χ4n) is 2.21. The number of nitrogens with one attached hydrogen (secondary N) is 2. The molecule has 8 heteroatoms. The van der Waals surface area contributed by atoms with Crippen LogP contribution in [-0.4, -0.2) is 39.9 Å². The number of guanidine groups is 1. The van der Waals surface area contributed by atoms with Crippen LogP contribution in [0.1, 0.15) is 32.8 Å². The minimum Gasteiger partial charge on any atom is -0.475 e. The van der Waals surface area contributed by atoms with Gasteiger partial charge in [0.25, 0.3) is 0 Å². The predicted octanol–water partition coefficient (Wildman–Crippen LogP) is 2.83. The first-order valence-electron chi connectivity index (χ1n) is 8.78. The van der Waals surface area contributed by atoms with Gasteiger partial charge in [0.15, 0.2) is 5.96 Å². The van der Waals surface area contributed by atoms with Crippen LogP contribution >= 0.6 is 24.0 Å². The molecule has 2 N–H and O–H groups in total. The summed E-state index contributed by atoms with van der Waals surface area (Å²) in [5.74, 6) is 1.46. The molecule has 2 aromatic rings. The molecule has 0 aliphatic rings. The fourth-order valence-corrected chi connectivity index (χ4v) is 2.21. The van der Waals surface area contributed by atoms with E-state index in [0.29, 0.717) is 12.4 Å². The Morgan fingerprint density at radius 2 is 2.15 bits per heavy atom. The molecule has 0 bridgehead atoms. The zero-order valence-electron chi connectivity index (χ0n) is 15.7. The molecule has 2 rings (SSSR count). The topological polar surface area (TPSA) is 76.4 Å². The van der Waals surface area contributed by atoms with Crippen molar-refractivity contribution in [1.29, 1.82) is 0 Å². The molecule has 0 unspecified atom stereocenters. The lowest BCUT2D eigenvalue weighted by molar-refractivity contribution is 0.232. The molecule has 0 aliphatic carbocycles. The minimum absolute atomic E-state index is 0. The van der Waals surface area contributed by atoms with Crippen molar-refractivity contribution in [3.8, 4) is 5.88 Å². The smallest absolute Gasteiger partial charge is 0.213 e. The van der Waals surface area contributed by atoms with Crippen LogP contribution in [0, 0.1) is 0 Å². The van der Waals surface area contributed by atoms with Crippen molar-refractivity contribution in [3.05, 3.63) is 42.4 Å². The molecular formula is C18H29IN6O. The van der Waals surface area contributed by atoms with E-state index in [1.807, 2.05) is 49.1 Å². The van der Waals surface area contributed by atoms with Gasteiger partial charge in [-0.2, -0.15) is 5.10 Å². The van der Waals surface area contributed by atoms with Crippen LogP contribution in [0.15, 0.2) is 41.8 Å². The summed E-state index contributed by atoms with van der Waals surface area (Å²) in [7, 11) is 0. The Morgan fingerprint density at radius 1 is 1.31 bits per heavy atom. The molecule has 0 amide bonds. The summed E-state index contributed by atoms with van der Waals surface area (Å²) in [6.07, 6.45) is 6.68. The molecule has 0 aromatic carbocycles. The van der Waals surface area contributed by atoms with Gasteiger partial charge in [0, 0.05) is 44.3 Å². The molecule has 144 valence electrons. The average molecular weight is 472 g/mol. The van der Waals surface area contributed by atoms with Crippen LogP contribution in [0.2, 0.25) is 0 Å². The van der Waals surface area contributed by atoms with Gasteiger partial charge in [-0.1, -0.05) is 6.07 Å². The Bertz CT molecular complexity index is 628.